The van der Waals surface area contributed by atoms with Gasteiger partial charge in [0.2, 0.25) is 6.23 Å². The fourth-order valence-electron chi connectivity index (χ4n) is 2.70. The Morgan fingerprint density at radius 1 is 1.22 bits per heavy atom. The molecular weight excluding hydrogens is 226 g/mol. The molecule has 3 heteroatoms. The first kappa shape index (κ1) is 11.7. The van der Waals surface area contributed by atoms with Crippen molar-refractivity contribution >= 4 is 10.8 Å². The minimum Gasteiger partial charge on any atom is -0.631 e. The summed E-state index contributed by atoms with van der Waals surface area (Å²) in [6, 6.07) is 14.2. The Morgan fingerprint density at radius 2 is 2.00 bits per heavy atom. The van der Waals surface area contributed by atoms with Crippen LogP contribution in [0.1, 0.15) is 18.7 Å². The number of ether oxygens (including phenoxy) is 1. The fourth-order valence-corrected chi connectivity index (χ4v) is 2.70. The maximum atomic E-state index is 12.7. The summed E-state index contributed by atoms with van der Waals surface area (Å²) >= 11 is 0. The predicted molar refractivity (Wildman–Crippen MR) is 71.7 cm³/mol. The summed E-state index contributed by atoms with van der Waals surface area (Å²) in [6.07, 6.45) is -0.374. The zero-order valence-corrected chi connectivity index (χ0v) is 10.5. The van der Waals surface area contributed by atoms with E-state index in [1.807, 2.05) is 31.2 Å². The highest BCUT2D eigenvalue weighted by atomic mass is 16.6. The Balaban J connectivity index is 2.14. The first-order valence-electron chi connectivity index (χ1n) is 6.41. The first-order chi connectivity index (χ1) is 8.74. The van der Waals surface area contributed by atoms with E-state index in [9.17, 15) is 5.21 Å². The number of nitrogens with zero attached hydrogens (tertiary/aromatic N) is 1. The third-order valence-electron chi connectivity index (χ3n) is 3.80. The molecule has 0 N–H and O–H groups in total. The first-order valence-corrected chi connectivity index (χ1v) is 6.41. The molecule has 3 nitrogen and oxygen atoms in total. The summed E-state index contributed by atoms with van der Waals surface area (Å²) in [7, 11) is 0. The maximum absolute atomic E-state index is 12.7. The number of hydroxylamine groups is 3. The molecule has 2 unspecified atom stereocenters. The van der Waals surface area contributed by atoms with Gasteiger partial charge in [-0.25, -0.2) is 0 Å². The van der Waals surface area contributed by atoms with Gasteiger partial charge in [0.15, 0.2) is 0 Å². The van der Waals surface area contributed by atoms with Crippen molar-refractivity contribution in [3.63, 3.8) is 0 Å². The topological polar surface area (TPSA) is 32.3 Å². The average molecular weight is 243 g/mol. The van der Waals surface area contributed by atoms with Crippen LogP contribution < -0.4 is 0 Å². The average Bonchev–Trinajstić information content (AvgIpc) is 2.81. The van der Waals surface area contributed by atoms with Crippen molar-refractivity contribution < 1.29 is 9.38 Å². The number of rotatable bonds is 2. The monoisotopic (exact) mass is 243 g/mol. The van der Waals surface area contributed by atoms with E-state index in [1.54, 1.807) is 0 Å². The van der Waals surface area contributed by atoms with E-state index >= 15 is 0 Å². The standard InChI is InChI=1S/C15H17NO2/c1-2-16(17)10-11-18-15(16)14-9-5-7-12-6-3-4-8-13(12)14/h3-9,15H,2,10-11H2,1H3. The summed E-state index contributed by atoms with van der Waals surface area (Å²) in [5, 5.41) is 14.9. The molecule has 2 atom stereocenters. The van der Waals surface area contributed by atoms with Crippen LogP contribution in [0.4, 0.5) is 0 Å². The highest BCUT2D eigenvalue weighted by Gasteiger charge is 2.36. The van der Waals surface area contributed by atoms with Gasteiger partial charge in [-0.3, -0.25) is 0 Å². The second-order valence-electron chi connectivity index (χ2n) is 4.78. The molecule has 2 aromatic carbocycles. The highest BCUT2D eigenvalue weighted by molar-refractivity contribution is 5.85. The fraction of sp³-hybridized carbons (Fsp3) is 0.333. The molecule has 0 bridgehead atoms. The Bertz CT molecular complexity index is 564. The van der Waals surface area contributed by atoms with Crippen LogP contribution in [0.25, 0.3) is 10.8 Å². The number of likely N-dealkylation sites (N-methyl/N-ethyl adjacent to an activating group) is 1. The summed E-state index contributed by atoms with van der Waals surface area (Å²) < 4.78 is 5.44. The van der Waals surface area contributed by atoms with Crippen LogP contribution in [0.5, 0.6) is 0 Å². The van der Waals surface area contributed by atoms with E-state index in [0.717, 1.165) is 16.3 Å². The summed E-state index contributed by atoms with van der Waals surface area (Å²) in [6.45, 7) is 3.57. The van der Waals surface area contributed by atoms with Crippen LogP contribution in [0.15, 0.2) is 42.5 Å². The smallest absolute Gasteiger partial charge is 0.220 e. The van der Waals surface area contributed by atoms with Crippen molar-refractivity contribution in [2.75, 3.05) is 19.7 Å². The third-order valence-corrected chi connectivity index (χ3v) is 3.80. The molecule has 3 rings (SSSR count). The quantitative estimate of drug-likeness (QED) is 0.599. The van der Waals surface area contributed by atoms with Crippen LogP contribution >= 0.6 is 0 Å². The number of quaternary nitrogens is 1. The number of benzene rings is 2. The van der Waals surface area contributed by atoms with E-state index in [0.29, 0.717) is 19.7 Å². The highest BCUT2D eigenvalue weighted by Crippen LogP contribution is 2.36. The molecule has 1 heterocycles. The molecule has 1 fully saturated rings. The van der Waals surface area contributed by atoms with E-state index in [-0.39, 0.29) is 10.9 Å². The summed E-state index contributed by atoms with van der Waals surface area (Å²) in [5.74, 6) is 0. The molecule has 1 aliphatic heterocycles. The molecule has 2 aromatic rings. The zero-order chi connectivity index (χ0) is 12.6. The van der Waals surface area contributed by atoms with E-state index < -0.39 is 0 Å². The lowest BCUT2D eigenvalue weighted by Crippen LogP contribution is -2.41. The van der Waals surface area contributed by atoms with Crippen molar-refractivity contribution in [3.8, 4) is 0 Å². The molecule has 0 aromatic heterocycles. The van der Waals surface area contributed by atoms with Gasteiger partial charge in [-0.1, -0.05) is 36.4 Å². The lowest BCUT2D eigenvalue weighted by molar-refractivity contribution is -0.909. The van der Waals surface area contributed by atoms with Crippen molar-refractivity contribution in [2.24, 2.45) is 0 Å². The van der Waals surface area contributed by atoms with Gasteiger partial charge in [-0.05, 0) is 23.8 Å². The lowest BCUT2D eigenvalue weighted by Gasteiger charge is -2.41. The molecule has 0 aliphatic carbocycles. The van der Waals surface area contributed by atoms with E-state index in [4.69, 9.17) is 4.74 Å². The molecule has 0 amide bonds. The number of hydrogen-bond donors (Lipinski definition) is 0. The maximum Gasteiger partial charge on any atom is 0.220 e. The lowest BCUT2D eigenvalue weighted by atomic mass is 10.0. The SMILES string of the molecule is CC[N+]1([O-])CCOC1c1cccc2ccccc12. The minimum atomic E-state index is -0.374. The van der Waals surface area contributed by atoms with Crippen LogP contribution in [0.2, 0.25) is 0 Å². The minimum absolute atomic E-state index is 0.270. The van der Waals surface area contributed by atoms with Gasteiger partial charge in [-0.2, -0.15) is 0 Å². The van der Waals surface area contributed by atoms with Crippen molar-refractivity contribution in [1.29, 1.82) is 0 Å². The molecule has 1 saturated heterocycles. The van der Waals surface area contributed by atoms with Gasteiger partial charge in [0.1, 0.15) is 13.2 Å². The van der Waals surface area contributed by atoms with Gasteiger partial charge < -0.3 is 14.6 Å². The van der Waals surface area contributed by atoms with Crippen LogP contribution in [-0.4, -0.2) is 24.3 Å². The zero-order valence-electron chi connectivity index (χ0n) is 10.5. The second-order valence-corrected chi connectivity index (χ2v) is 4.78. The molecular formula is C15H17NO2. The largest absolute Gasteiger partial charge is 0.631 e. The van der Waals surface area contributed by atoms with Gasteiger partial charge in [-0.15, -0.1) is 0 Å². The van der Waals surface area contributed by atoms with Gasteiger partial charge >= 0.3 is 0 Å². The van der Waals surface area contributed by atoms with Gasteiger partial charge in [0.05, 0.1) is 6.54 Å². The predicted octanol–water partition coefficient (Wildman–Crippen LogP) is 3.20. The third kappa shape index (κ3) is 1.72. The second kappa shape index (κ2) is 4.35. The molecule has 18 heavy (non-hydrogen) atoms. The normalized spacial score (nSPS) is 27.8. The summed E-state index contributed by atoms with van der Waals surface area (Å²) in [5.41, 5.74) is 1.02. The van der Waals surface area contributed by atoms with E-state index in [1.165, 1.54) is 0 Å². The molecule has 94 valence electrons. The summed E-state index contributed by atoms with van der Waals surface area (Å²) in [4.78, 5) is 0. The van der Waals surface area contributed by atoms with Gasteiger partial charge in [0, 0.05) is 5.56 Å². The van der Waals surface area contributed by atoms with E-state index in [2.05, 4.69) is 18.2 Å². The van der Waals surface area contributed by atoms with Crippen LogP contribution in [0.3, 0.4) is 0 Å². The number of fused-ring (bicyclic) bond motifs is 1. The Hall–Kier alpha value is -1.42. The van der Waals surface area contributed by atoms with Crippen LogP contribution in [0, 0.1) is 5.21 Å². The molecule has 1 aliphatic rings. The van der Waals surface area contributed by atoms with Crippen molar-refractivity contribution in [3.05, 3.63) is 53.2 Å². The van der Waals surface area contributed by atoms with Gasteiger partial charge in [0.25, 0.3) is 0 Å². The Kier molecular flexibility index (Phi) is 2.82. The molecule has 0 radical (unpaired) electrons. The van der Waals surface area contributed by atoms with Crippen molar-refractivity contribution in [1.82, 2.24) is 0 Å². The van der Waals surface area contributed by atoms with Crippen LogP contribution in [-0.2, 0) is 4.74 Å². The number of hydrogen-bond acceptors (Lipinski definition) is 2. The molecule has 0 saturated carbocycles. The Labute approximate surface area is 107 Å². The Morgan fingerprint density at radius 3 is 2.83 bits per heavy atom. The molecule has 0 spiro atoms. The van der Waals surface area contributed by atoms with Crippen molar-refractivity contribution in [2.45, 2.75) is 13.2 Å².